The molecule has 20 heavy (non-hydrogen) atoms. The van der Waals surface area contributed by atoms with E-state index in [4.69, 9.17) is 0 Å². The normalized spacial score (nSPS) is 12.8. The van der Waals surface area contributed by atoms with Gasteiger partial charge in [-0.15, -0.1) is 0 Å². The number of aliphatic hydroxyl groups excluding tert-OH is 1. The molecule has 0 fully saturated rings. The first kappa shape index (κ1) is 12.9. The van der Waals surface area contributed by atoms with E-state index in [1.165, 1.54) is 11.1 Å². The van der Waals surface area contributed by atoms with Gasteiger partial charge < -0.3 is 5.11 Å². The minimum absolute atomic E-state index is 0.469. The molecule has 0 amide bonds. The lowest BCUT2D eigenvalue weighted by molar-refractivity contribution is 0.153. The largest absolute Gasteiger partial charge is 0.386 e. The van der Waals surface area contributed by atoms with Gasteiger partial charge in [0.2, 0.25) is 0 Å². The van der Waals surface area contributed by atoms with Crippen molar-refractivity contribution in [3.8, 4) is 0 Å². The Balaban J connectivity index is 1.90. The highest BCUT2D eigenvalue weighted by molar-refractivity contribution is 5.78. The van der Waals surface area contributed by atoms with Crippen molar-refractivity contribution in [1.29, 1.82) is 0 Å². The molecule has 0 spiro atoms. The molecule has 0 aliphatic carbocycles. The van der Waals surface area contributed by atoms with E-state index in [0.29, 0.717) is 6.54 Å². The average Bonchev–Trinajstić information content (AvgIpc) is 2.81. The third-order valence-corrected chi connectivity index (χ3v) is 3.53. The number of rotatable bonds is 3. The summed E-state index contributed by atoms with van der Waals surface area (Å²) in [4.78, 5) is 0. The van der Waals surface area contributed by atoms with Gasteiger partial charge in [-0.05, 0) is 25.5 Å². The lowest BCUT2D eigenvalue weighted by Gasteiger charge is -2.13. The summed E-state index contributed by atoms with van der Waals surface area (Å²) in [5.41, 5.74) is 4.34. The SMILES string of the molecule is Cc1cc(C)cc(C(O)Cn2ncc3ccccc32)c1. The second-order valence-corrected chi connectivity index (χ2v) is 5.32. The molecule has 3 aromatic rings. The second-order valence-electron chi connectivity index (χ2n) is 5.32. The van der Waals surface area contributed by atoms with Crippen molar-refractivity contribution < 1.29 is 5.11 Å². The van der Waals surface area contributed by atoms with Gasteiger partial charge in [-0.3, -0.25) is 4.68 Å². The predicted molar refractivity (Wildman–Crippen MR) is 80.6 cm³/mol. The van der Waals surface area contributed by atoms with Crippen LogP contribution in [-0.4, -0.2) is 14.9 Å². The number of benzene rings is 2. The quantitative estimate of drug-likeness (QED) is 0.789. The lowest BCUT2D eigenvalue weighted by atomic mass is 10.0. The Hall–Kier alpha value is -2.13. The molecule has 1 heterocycles. The van der Waals surface area contributed by atoms with E-state index in [2.05, 4.69) is 11.2 Å². The number of nitrogens with zero attached hydrogens (tertiary/aromatic N) is 2. The molecule has 3 nitrogen and oxygen atoms in total. The Labute approximate surface area is 118 Å². The molecule has 0 aliphatic heterocycles. The fourth-order valence-electron chi connectivity index (χ4n) is 2.64. The van der Waals surface area contributed by atoms with Gasteiger partial charge in [-0.25, -0.2) is 0 Å². The lowest BCUT2D eigenvalue weighted by Crippen LogP contribution is -2.10. The molecule has 2 aromatic carbocycles. The van der Waals surface area contributed by atoms with E-state index >= 15 is 0 Å². The van der Waals surface area contributed by atoms with Gasteiger partial charge in [0.25, 0.3) is 0 Å². The van der Waals surface area contributed by atoms with Gasteiger partial charge >= 0.3 is 0 Å². The number of para-hydroxylation sites is 1. The van der Waals surface area contributed by atoms with E-state index in [1.54, 1.807) is 0 Å². The van der Waals surface area contributed by atoms with Gasteiger partial charge in [0.1, 0.15) is 0 Å². The zero-order valence-electron chi connectivity index (χ0n) is 11.7. The third kappa shape index (κ3) is 2.45. The maximum absolute atomic E-state index is 10.4. The summed E-state index contributed by atoms with van der Waals surface area (Å²) in [6.45, 7) is 4.56. The molecule has 0 aliphatic rings. The monoisotopic (exact) mass is 266 g/mol. The standard InChI is InChI=1S/C17H18N2O/c1-12-7-13(2)9-15(8-12)17(20)11-19-16-6-4-3-5-14(16)10-18-19/h3-10,17,20H,11H2,1-2H3. The summed E-state index contributed by atoms with van der Waals surface area (Å²) < 4.78 is 1.86. The van der Waals surface area contributed by atoms with E-state index in [1.807, 2.05) is 61.1 Å². The zero-order chi connectivity index (χ0) is 14.1. The summed E-state index contributed by atoms with van der Waals surface area (Å²) in [7, 11) is 0. The summed E-state index contributed by atoms with van der Waals surface area (Å²) in [6.07, 6.45) is 1.29. The number of hydrogen-bond acceptors (Lipinski definition) is 2. The van der Waals surface area contributed by atoms with Crippen LogP contribution in [0.3, 0.4) is 0 Å². The van der Waals surface area contributed by atoms with Crippen LogP contribution in [0.5, 0.6) is 0 Å². The Bertz CT molecular complexity index is 725. The molecule has 0 bridgehead atoms. The fourth-order valence-corrected chi connectivity index (χ4v) is 2.64. The Morgan fingerprint density at radius 1 is 1.10 bits per heavy atom. The maximum atomic E-state index is 10.4. The van der Waals surface area contributed by atoms with Crippen molar-refractivity contribution in [1.82, 2.24) is 9.78 Å². The Kier molecular flexibility index (Phi) is 3.28. The molecule has 3 heteroatoms. The highest BCUT2D eigenvalue weighted by Crippen LogP contribution is 2.21. The number of aromatic nitrogens is 2. The molecule has 1 atom stereocenters. The number of aryl methyl sites for hydroxylation is 2. The smallest absolute Gasteiger partial charge is 0.0986 e. The summed E-state index contributed by atoms with van der Waals surface area (Å²) in [6, 6.07) is 14.2. The summed E-state index contributed by atoms with van der Waals surface area (Å²) in [5.74, 6) is 0. The number of fused-ring (bicyclic) bond motifs is 1. The van der Waals surface area contributed by atoms with Crippen molar-refractivity contribution in [3.05, 3.63) is 65.4 Å². The molecule has 0 saturated heterocycles. The van der Waals surface area contributed by atoms with Crippen molar-refractivity contribution >= 4 is 10.9 Å². The molecule has 3 rings (SSSR count). The van der Waals surface area contributed by atoms with E-state index < -0.39 is 6.10 Å². The predicted octanol–water partition coefficient (Wildman–Crippen LogP) is 3.39. The highest BCUT2D eigenvalue weighted by Gasteiger charge is 2.11. The molecule has 1 unspecified atom stereocenters. The summed E-state index contributed by atoms with van der Waals surface area (Å²) in [5, 5.41) is 15.9. The van der Waals surface area contributed by atoms with Crippen LogP contribution in [0, 0.1) is 13.8 Å². The Morgan fingerprint density at radius 3 is 2.55 bits per heavy atom. The van der Waals surface area contributed by atoms with Crippen molar-refractivity contribution in [2.45, 2.75) is 26.5 Å². The minimum atomic E-state index is -0.545. The molecule has 1 N–H and O–H groups in total. The van der Waals surface area contributed by atoms with Crippen LogP contribution in [0.1, 0.15) is 22.8 Å². The highest BCUT2D eigenvalue weighted by atomic mass is 16.3. The van der Waals surface area contributed by atoms with Gasteiger partial charge in [0.15, 0.2) is 0 Å². The van der Waals surface area contributed by atoms with Crippen LogP contribution < -0.4 is 0 Å². The van der Waals surface area contributed by atoms with Crippen LogP contribution in [0.25, 0.3) is 10.9 Å². The van der Waals surface area contributed by atoms with Crippen LogP contribution in [0.4, 0.5) is 0 Å². The molecule has 0 saturated carbocycles. The number of hydrogen-bond donors (Lipinski definition) is 1. The minimum Gasteiger partial charge on any atom is -0.386 e. The first-order valence-electron chi connectivity index (χ1n) is 6.80. The second kappa shape index (κ2) is 5.10. The fraction of sp³-hybridized carbons (Fsp3) is 0.235. The van der Waals surface area contributed by atoms with Gasteiger partial charge in [0, 0.05) is 5.39 Å². The molecule has 0 radical (unpaired) electrons. The van der Waals surface area contributed by atoms with Crippen molar-refractivity contribution in [2.75, 3.05) is 0 Å². The van der Waals surface area contributed by atoms with E-state index in [-0.39, 0.29) is 0 Å². The molecular formula is C17H18N2O. The van der Waals surface area contributed by atoms with Gasteiger partial charge in [-0.2, -0.15) is 5.10 Å². The first-order valence-corrected chi connectivity index (χ1v) is 6.80. The van der Waals surface area contributed by atoms with Crippen LogP contribution in [0.15, 0.2) is 48.7 Å². The number of aliphatic hydroxyl groups is 1. The maximum Gasteiger partial charge on any atom is 0.0986 e. The van der Waals surface area contributed by atoms with Gasteiger partial charge in [0.05, 0.1) is 24.4 Å². The first-order chi connectivity index (χ1) is 9.63. The van der Waals surface area contributed by atoms with E-state index in [9.17, 15) is 5.11 Å². The Morgan fingerprint density at radius 2 is 1.80 bits per heavy atom. The van der Waals surface area contributed by atoms with Gasteiger partial charge in [-0.1, -0.05) is 47.5 Å². The zero-order valence-corrected chi connectivity index (χ0v) is 11.7. The van der Waals surface area contributed by atoms with Crippen LogP contribution in [-0.2, 0) is 6.54 Å². The van der Waals surface area contributed by atoms with Crippen molar-refractivity contribution in [2.24, 2.45) is 0 Å². The average molecular weight is 266 g/mol. The summed E-state index contributed by atoms with van der Waals surface area (Å²) >= 11 is 0. The molecule has 1 aromatic heterocycles. The third-order valence-electron chi connectivity index (χ3n) is 3.53. The topological polar surface area (TPSA) is 38.0 Å². The molecule has 102 valence electrons. The van der Waals surface area contributed by atoms with Crippen molar-refractivity contribution in [3.63, 3.8) is 0 Å². The van der Waals surface area contributed by atoms with E-state index in [0.717, 1.165) is 16.5 Å². The molecular weight excluding hydrogens is 248 g/mol. The van der Waals surface area contributed by atoms with Crippen LogP contribution in [0.2, 0.25) is 0 Å². The van der Waals surface area contributed by atoms with Crippen LogP contribution >= 0.6 is 0 Å².